The minimum atomic E-state index is 0.688. The summed E-state index contributed by atoms with van der Waals surface area (Å²) >= 11 is 0. The lowest BCUT2D eigenvalue weighted by atomic mass is 9.91. The molecule has 0 aliphatic heterocycles. The van der Waals surface area contributed by atoms with Gasteiger partial charge in [0, 0.05) is 38.8 Å². The van der Waals surface area contributed by atoms with E-state index in [4.69, 9.17) is 15.1 Å². The smallest absolute Gasteiger partial charge is 0.160 e. The van der Waals surface area contributed by atoms with Crippen molar-refractivity contribution in [1.82, 2.24) is 19.6 Å². The number of aromatic nitrogens is 4. The molecule has 0 saturated carbocycles. The summed E-state index contributed by atoms with van der Waals surface area (Å²) in [7, 11) is 0. The van der Waals surface area contributed by atoms with Crippen molar-refractivity contribution >= 4 is 16.3 Å². The largest absolute Gasteiger partial charge is 0.231 e. The Morgan fingerprint density at radius 1 is 0.311 bits per heavy atom. The van der Waals surface area contributed by atoms with Gasteiger partial charge in [0.1, 0.15) is 0 Å². The predicted octanol–water partition coefficient (Wildman–Crippen LogP) is 14.6. The minimum Gasteiger partial charge on any atom is -0.231 e. The Balaban J connectivity index is 1.00. The van der Waals surface area contributed by atoms with Gasteiger partial charge < -0.3 is 0 Å². The lowest BCUT2D eigenvalue weighted by Gasteiger charge is -2.18. The highest BCUT2D eigenvalue weighted by Gasteiger charge is 2.22. The highest BCUT2D eigenvalue weighted by Crippen LogP contribution is 2.43. The minimum absolute atomic E-state index is 0.688. The molecule has 8 aromatic carbocycles. The zero-order chi connectivity index (χ0) is 40.5. The van der Waals surface area contributed by atoms with Gasteiger partial charge in [0.15, 0.2) is 5.82 Å². The molecule has 61 heavy (non-hydrogen) atoms. The van der Waals surface area contributed by atoms with Crippen LogP contribution in [0.3, 0.4) is 0 Å². The molecule has 11 rings (SSSR count). The van der Waals surface area contributed by atoms with Crippen molar-refractivity contribution in [2.75, 3.05) is 0 Å². The molecule has 0 saturated heterocycles. The first kappa shape index (κ1) is 35.9. The van der Waals surface area contributed by atoms with Crippen LogP contribution in [0.25, 0.3) is 106 Å². The van der Waals surface area contributed by atoms with Crippen LogP contribution in [-0.2, 0) is 0 Å². The molecule has 286 valence electrons. The van der Waals surface area contributed by atoms with Crippen molar-refractivity contribution < 1.29 is 0 Å². The van der Waals surface area contributed by atoms with Gasteiger partial charge >= 0.3 is 0 Å². The van der Waals surface area contributed by atoms with E-state index < -0.39 is 0 Å². The van der Waals surface area contributed by atoms with Gasteiger partial charge in [0.05, 0.1) is 28.8 Å². The van der Waals surface area contributed by atoms with Crippen molar-refractivity contribution in [3.8, 4) is 89.7 Å². The van der Waals surface area contributed by atoms with Crippen molar-refractivity contribution in [2.24, 2.45) is 0 Å². The lowest BCUT2D eigenvalue weighted by molar-refractivity contribution is 0.976. The highest BCUT2D eigenvalue weighted by atomic mass is 15.2. The third-order valence-electron chi connectivity index (χ3n) is 11.5. The fraction of sp³-hybridized carbons (Fsp3) is 0. The third kappa shape index (κ3) is 6.76. The van der Waals surface area contributed by atoms with E-state index in [9.17, 15) is 0 Å². The molecule has 11 aromatic rings. The first-order chi connectivity index (χ1) is 30.2. The molecule has 3 aromatic heterocycles. The summed E-state index contributed by atoms with van der Waals surface area (Å²) < 4.78 is 2.14. The normalized spacial score (nSPS) is 11.3. The van der Waals surface area contributed by atoms with Crippen LogP contribution in [0.15, 0.2) is 231 Å². The average Bonchev–Trinajstić information content (AvgIpc) is 3.80. The summed E-state index contributed by atoms with van der Waals surface area (Å²) in [6.07, 6.45) is 2.00. The van der Waals surface area contributed by atoms with Gasteiger partial charge in [-0.1, -0.05) is 218 Å². The predicted molar refractivity (Wildman–Crippen MR) is 252 cm³/mol. The molecular weight excluding hydrogens is 741 g/mol. The van der Waals surface area contributed by atoms with Crippen molar-refractivity contribution in [3.05, 3.63) is 231 Å². The second kappa shape index (κ2) is 15.5. The van der Waals surface area contributed by atoms with Gasteiger partial charge in [0.25, 0.3) is 0 Å². The molecule has 0 bridgehead atoms. The van der Waals surface area contributed by atoms with Crippen LogP contribution in [0.2, 0.25) is 0 Å². The van der Waals surface area contributed by atoms with Crippen LogP contribution in [-0.4, -0.2) is 19.6 Å². The molecule has 0 aliphatic carbocycles. The third-order valence-corrected chi connectivity index (χ3v) is 11.5. The monoisotopic (exact) mass is 778 g/mol. The summed E-state index contributed by atoms with van der Waals surface area (Å²) in [5.74, 6) is 0.688. The lowest BCUT2D eigenvalue weighted by Crippen LogP contribution is -2.00. The van der Waals surface area contributed by atoms with Crippen molar-refractivity contribution in [1.29, 1.82) is 0 Å². The van der Waals surface area contributed by atoms with Gasteiger partial charge in [-0.05, 0) is 44.8 Å². The van der Waals surface area contributed by atoms with E-state index in [1.165, 1.54) is 22.1 Å². The number of fused-ring (bicyclic) bond motifs is 3. The molecule has 0 spiro atoms. The topological polar surface area (TPSA) is 43.1 Å². The Bertz CT molecular complexity index is 3290. The summed E-state index contributed by atoms with van der Waals surface area (Å²) in [5, 5.41) is 7.41. The number of pyridine rings is 1. The number of nitrogens with zero attached hydrogens (tertiary/aromatic N) is 4. The first-order valence-electron chi connectivity index (χ1n) is 20.6. The number of benzene rings is 8. The molecule has 0 N–H and O–H groups in total. The summed E-state index contributed by atoms with van der Waals surface area (Å²) in [6, 6.07) is 78.9. The van der Waals surface area contributed by atoms with E-state index in [1.54, 1.807) is 0 Å². The summed E-state index contributed by atoms with van der Waals surface area (Å²) in [5.41, 5.74) is 17.2. The number of hydrogen-bond donors (Lipinski definition) is 0. The van der Waals surface area contributed by atoms with Crippen molar-refractivity contribution in [2.45, 2.75) is 0 Å². The second-order valence-electron chi connectivity index (χ2n) is 15.2. The fourth-order valence-electron chi connectivity index (χ4n) is 8.49. The summed E-state index contributed by atoms with van der Waals surface area (Å²) in [6.45, 7) is 0. The molecule has 0 radical (unpaired) electrons. The number of rotatable bonds is 8. The van der Waals surface area contributed by atoms with Gasteiger partial charge in [-0.15, -0.1) is 0 Å². The van der Waals surface area contributed by atoms with Crippen LogP contribution < -0.4 is 0 Å². The SMILES string of the molecule is c1ccc(-c2ccc(-c3ccc(-c4cc(-c5ccc(-c6c(-c7ccccc7)n7ncc(-c8ccccc8)c7c7ccccc67)cc5)nc(-c5ccccc5)n4)cc3)cc2)cc1. The molecule has 4 heteroatoms. The number of hydrogen-bond acceptors (Lipinski definition) is 3. The van der Waals surface area contributed by atoms with Crippen LogP contribution in [0.1, 0.15) is 0 Å². The molecule has 3 heterocycles. The maximum atomic E-state index is 5.16. The standard InChI is InChI=1S/C57H38N4/c1-5-15-39(16-6-1)40-25-27-41(28-26-40)42-29-31-44(32-30-42)52-37-53(60-57(59-52)48-21-11-4-12-22-48)45-33-35-46(36-34-45)54-49-23-13-14-24-50(49)56-51(43-17-7-2-8-18-43)38-58-61(56)55(54)47-19-9-3-10-20-47/h1-38H. The van der Waals surface area contributed by atoms with Crippen LogP contribution >= 0.6 is 0 Å². The van der Waals surface area contributed by atoms with E-state index in [2.05, 4.69) is 205 Å². The molecule has 0 aliphatic rings. The molecular formula is C57H38N4. The maximum absolute atomic E-state index is 5.16. The van der Waals surface area contributed by atoms with Gasteiger partial charge in [-0.2, -0.15) is 5.10 Å². The van der Waals surface area contributed by atoms with E-state index in [-0.39, 0.29) is 0 Å². The molecule has 4 nitrogen and oxygen atoms in total. The fourth-order valence-corrected chi connectivity index (χ4v) is 8.49. The van der Waals surface area contributed by atoms with E-state index >= 15 is 0 Å². The molecule has 0 amide bonds. The summed E-state index contributed by atoms with van der Waals surface area (Å²) in [4.78, 5) is 10.3. The Kier molecular flexibility index (Phi) is 9.14. The van der Waals surface area contributed by atoms with Gasteiger partial charge in [-0.3, -0.25) is 0 Å². The Morgan fingerprint density at radius 3 is 1.23 bits per heavy atom. The van der Waals surface area contributed by atoms with E-state index in [0.717, 1.165) is 78.1 Å². The Labute approximate surface area is 354 Å². The Morgan fingerprint density at radius 2 is 0.705 bits per heavy atom. The Hall–Kier alpha value is -8.21. The molecule has 0 unspecified atom stereocenters. The van der Waals surface area contributed by atoms with Gasteiger partial charge in [-0.25, -0.2) is 14.5 Å². The van der Waals surface area contributed by atoms with Crippen molar-refractivity contribution in [3.63, 3.8) is 0 Å². The zero-order valence-corrected chi connectivity index (χ0v) is 33.2. The average molecular weight is 779 g/mol. The zero-order valence-electron chi connectivity index (χ0n) is 33.2. The maximum Gasteiger partial charge on any atom is 0.160 e. The quantitative estimate of drug-likeness (QED) is 0.154. The first-order valence-corrected chi connectivity index (χ1v) is 20.6. The van der Waals surface area contributed by atoms with Crippen LogP contribution in [0.4, 0.5) is 0 Å². The second-order valence-corrected chi connectivity index (χ2v) is 15.2. The molecule has 0 fully saturated rings. The highest BCUT2D eigenvalue weighted by molar-refractivity contribution is 6.13. The molecule has 0 atom stereocenters. The van der Waals surface area contributed by atoms with Crippen LogP contribution in [0.5, 0.6) is 0 Å². The van der Waals surface area contributed by atoms with Gasteiger partial charge in [0.2, 0.25) is 0 Å². The van der Waals surface area contributed by atoms with E-state index in [1.807, 2.05) is 30.5 Å². The van der Waals surface area contributed by atoms with E-state index in [0.29, 0.717) is 5.82 Å². The van der Waals surface area contributed by atoms with Crippen LogP contribution in [0, 0.1) is 0 Å².